The van der Waals surface area contributed by atoms with Gasteiger partial charge in [0.1, 0.15) is 0 Å². The minimum Gasteiger partial charge on any atom is -0.396 e. The number of hydrogen-bond acceptors (Lipinski definition) is 3. The van der Waals surface area contributed by atoms with Crippen molar-refractivity contribution in [2.24, 2.45) is 0 Å². The molecule has 0 aliphatic heterocycles. The lowest BCUT2D eigenvalue weighted by molar-refractivity contribution is 0.0228. The van der Waals surface area contributed by atoms with Crippen LogP contribution in [0.15, 0.2) is 0 Å². The zero-order chi connectivity index (χ0) is 18.4. The Balaban J connectivity index is 3.00. The number of aliphatic hydroxyl groups excluding tert-OH is 2. The molecular weight excluding hydrogens is 312 g/mol. The van der Waals surface area contributed by atoms with E-state index in [-0.39, 0.29) is 6.61 Å². The van der Waals surface area contributed by atoms with Gasteiger partial charge >= 0.3 is 0 Å². The zero-order valence-electron chi connectivity index (χ0n) is 17.0. The van der Waals surface area contributed by atoms with Gasteiger partial charge in [-0.2, -0.15) is 0 Å². The molecule has 152 valence electrons. The maximum Gasteiger partial charge on any atom is 0.0795 e. The van der Waals surface area contributed by atoms with Crippen molar-refractivity contribution < 1.29 is 14.9 Å². The van der Waals surface area contributed by atoms with Gasteiger partial charge in [0.05, 0.1) is 12.7 Å². The largest absolute Gasteiger partial charge is 0.396 e. The molecule has 0 saturated carbocycles. The van der Waals surface area contributed by atoms with E-state index >= 15 is 0 Å². The molecule has 0 rings (SSSR count). The highest BCUT2D eigenvalue weighted by Gasteiger charge is 2.02. The molecule has 0 amide bonds. The van der Waals surface area contributed by atoms with Gasteiger partial charge in [0.25, 0.3) is 0 Å². The van der Waals surface area contributed by atoms with E-state index in [0.29, 0.717) is 13.0 Å². The third-order valence-corrected chi connectivity index (χ3v) is 4.91. The Labute approximate surface area is 157 Å². The molecular formula is C22H46O3. The van der Waals surface area contributed by atoms with Gasteiger partial charge in [0, 0.05) is 13.2 Å². The second-order valence-corrected chi connectivity index (χ2v) is 7.54. The van der Waals surface area contributed by atoms with Gasteiger partial charge in [-0.3, -0.25) is 0 Å². The maximum absolute atomic E-state index is 9.40. The Hall–Kier alpha value is -0.120. The summed E-state index contributed by atoms with van der Waals surface area (Å²) in [6.07, 6.45) is 21.9. The van der Waals surface area contributed by atoms with E-state index in [2.05, 4.69) is 6.92 Å². The van der Waals surface area contributed by atoms with Crippen molar-refractivity contribution in [1.82, 2.24) is 0 Å². The molecule has 3 nitrogen and oxygen atoms in total. The first-order chi connectivity index (χ1) is 12.3. The average molecular weight is 359 g/mol. The van der Waals surface area contributed by atoms with Gasteiger partial charge in [-0.05, 0) is 12.8 Å². The van der Waals surface area contributed by atoms with Crippen LogP contribution in [0.2, 0.25) is 0 Å². The van der Waals surface area contributed by atoms with E-state index in [1.807, 2.05) is 0 Å². The van der Waals surface area contributed by atoms with Crippen molar-refractivity contribution >= 4 is 0 Å². The van der Waals surface area contributed by atoms with Crippen LogP contribution in [0.4, 0.5) is 0 Å². The monoisotopic (exact) mass is 358 g/mol. The van der Waals surface area contributed by atoms with Gasteiger partial charge < -0.3 is 14.9 Å². The molecule has 1 atom stereocenters. The summed E-state index contributed by atoms with van der Waals surface area (Å²) < 4.78 is 5.41. The summed E-state index contributed by atoms with van der Waals surface area (Å²) >= 11 is 0. The SMILES string of the molecule is CCCCCCCCCCCCCCCCCCOCC(O)CCO. The highest BCUT2D eigenvalue weighted by Crippen LogP contribution is 2.13. The quantitative estimate of drug-likeness (QED) is 0.247. The van der Waals surface area contributed by atoms with Gasteiger partial charge in [0.2, 0.25) is 0 Å². The molecule has 0 aromatic carbocycles. The molecule has 0 heterocycles. The fourth-order valence-electron chi connectivity index (χ4n) is 3.20. The van der Waals surface area contributed by atoms with E-state index < -0.39 is 6.10 Å². The summed E-state index contributed by atoms with van der Waals surface area (Å²) in [6, 6.07) is 0. The molecule has 3 heteroatoms. The number of hydrogen-bond donors (Lipinski definition) is 2. The van der Waals surface area contributed by atoms with E-state index in [4.69, 9.17) is 9.84 Å². The summed E-state index contributed by atoms with van der Waals surface area (Å²) in [4.78, 5) is 0. The minimum absolute atomic E-state index is 0.0313. The zero-order valence-corrected chi connectivity index (χ0v) is 17.0. The van der Waals surface area contributed by atoms with Gasteiger partial charge in [-0.15, -0.1) is 0 Å². The molecule has 25 heavy (non-hydrogen) atoms. The average Bonchev–Trinajstić information content (AvgIpc) is 2.61. The normalized spacial score (nSPS) is 12.6. The van der Waals surface area contributed by atoms with E-state index in [0.717, 1.165) is 13.0 Å². The highest BCUT2D eigenvalue weighted by atomic mass is 16.5. The van der Waals surface area contributed by atoms with Crippen LogP contribution < -0.4 is 0 Å². The number of rotatable bonds is 21. The molecule has 0 saturated heterocycles. The fraction of sp³-hybridized carbons (Fsp3) is 1.00. The van der Waals surface area contributed by atoms with Crippen molar-refractivity contribution in [2.45, 2.75) is 122 Å². The van der Waals surface area contributed by atoms with Crippen LogP contribution in [0.3, 0.4) is 0 Å². The summed E-state index contributed by atoms with van der Waals surface area (Å²) in [5, 5.41) is 18.1. The van der Waals surface area contributed by atoms with E-state index in [9.17, 15) is 5.11 Å². The Morgan fingerprint density at radius 1 is 0.640 bits per heavy atom. The Kier molecular flexibility index (Phi) is 21.8. The Bertz CT molecular complexity index is 233. The Morgan fingerprint density at radius 2 is 1.04 bits per heavy atom. The van der Waals surface area contributed by atoms with Crippen molar-refractivity contribution in [3.05, 3.63) is 0 Å². The molecule has 0 aliphatic rings. The van der Waals surface area contributed by atoms with E-state index in [1.54, 1.807) is 0 Å². The first-order valence-corrected chi connectivity index (χ1v) is 11.2. The van der Waals surface area contributed by atoms with Crippen LogP contribution in [-0.2, 0) is 4.74 Å². The lowest BCUT2D eigenvalue weighted by atomic mass is 10.0. The lowest BCUT2D eigenvalue weighted by Crippen LogP contribution is -2.17. The molecule has 0 spiro atoms. The first kappa shape index (κ1) is 24.9. The fourth-order valence-corrected chi connectivity index (χ4v) is 3.20. The topological polar surface area (TPSA) is 49.7 Å². The molecule has 0 aliphatic carbocycles. The van der Waals surface area contributed by atoms with Crippen molar-refractivity contribution in [1.29, 1.82) is 0 Å². The summed E-state index contributed by atoms with van der Waals surface area (Å²) in [5.41, 5.74) is 0. The van der Waals surface area contributed by atoms with Crippen LogP contribution in [-0.4, -0.2) is 36.1 Å². The molecule has 0 radical (unpaired) electrons. The predicted molar refractivity (Wildman–Crippen MR) is 108 cm³/mol. The van der Waals surface area contributed by atoms with Crippen LogP contribution in [0, 0.1) is 0 Å². The molecule has 0 aromatic heterocycles. The number of aliphatic hydroxyl groups is 2. The summed E-state index contributed by atoms with van der Waals surface area (Å²) in [6.45, 7) is 3.41. The third kappa shape index (κ3) is 21.8. The highest BCUT2D eigenvalue weighted by molar-refractivity contribution is 4.52. The van der Waals surface area contributed by atoms with E-state index in [1.165, 1.54) is 96.3 Å². The second kappa shape index (κ2) is 21.9. The van der Waals surface area contributed by atoms with Crippen LogP contribution in [0.25, 0.3) is 0 Å². The standard InChI is InChI=1S/C22H46O3/c1-2-3-4-5-6-7-8-9-10-11-12-13-14-15-16-17-20-25-21-22(24)18-19-23/h22-24H,2-21H2,1H3. The van der Waals surface area contributed by atoms with Crippen molar-refractivity contribution in [3.63, 3.8) is 0 Å². The maximum atomic E-state index is 9.40. The van der Waals surface area contributed by atoms with Gasteiger partial charge in [-0.1, -0.05) is 103 Å². The molecule has 0 aromatic rings. The number of ether oxygens (including phenoxy) is 1. The Morgan fingerprint density at radius 3 is 1.44 bits per heavy atom. The summed E-state index contributed by atoms with van der Waals surface area (Å²) in [5.74, 6) is 0. The second-order valence-electron chi connectivity index (χ2n) is 7.54. The minimum atomic E-state index is -0.508. The molecule has 1 unspecified atom stereocenters. The smallest absolute Gasteiger partial charge is 0.0795 e. The molecule has 0 bridgehead atoms. The van der Waals surface area contributed by atoms with Crippen LogP contribution >= 0.6 is 0 Å². The van der Waals surface area contributed by atoms with Crippen LogP contribution in [0.5, 0.6) is 0 Å². The third-order valence-electron chi connectivity index (χ3n) is 4.91. The van der Waals surface area contributed by atoms with Gasteiger partial charge in [-0.25, -0.2) is 0 Å². The predicted octanol–water partition coefficient (Wildman–Crippen LogP) is 6.01. The molecule has 0 fully saturated rings. The lowest BCUT2D eigenvalue weighted by Gasteiger charge is -2.09. The van der Waals surface area contributed by atoms with Gasteiger partial charge in [0.15, 0.2) is 0 Å². The van der Waals surface area contributed by atoms with Crippen LogP contribution in [0.1, 0.15) is 116 Å². The summed E-state index contributed by atoms with van der Waals surface area (Å²) in [7, 11) is 0. The number of unbranched alkanes of at least 4 members (excludes halogenated alkanes) is 15. The van der Waals surface area contributed by atoms with Crippen molar-refractivity contribution in [2.75, 3.05) is 19.8 Å². The molecule has 2 N–H and O–H groups in total. The van der Waals surface area contributed by atoms with Crippen molar-refractivity contribution in [3.8, 4) is 0 Å². The first-order valence-electron chi connectivity index (χ1n) is 11.2.